The topological polar surface area (TPSA) is 61.7 Å². The molecule has 0 amide bonds. The molecule has 0 fully saturated rings. The van der Waals surface area contributed by atoms with Crippen molar-refractivity contribution in [3.8, 4) is 16.9 Å². The van der Waals surface area contributed by atoms with E-state index in [1.54, 1.807) is 12.5 Å². The molecule has 20 heavy (non-hydrogen) atoms. The number of hydrogen-bond donors (Lipinski definition) is 1. The van der Waals surface area contributed by atoms with Gasteiger partial charge >= 0.3 is 0 Å². The second kappa shape index (κ2) is 4.85. The van der Waals surface area contributed by atoms with Gasteiger partial charge in [-0.15, -0.1) is 0 Å². The first-order valence-corrected chi connectivity index (χ1v) is 6.59. The predicted molar refractivity (Wildman–Crippen MR) is 79.6 cm³/mol. The molecule has 0 saturated heterocycles. The van der Waals surface area contributed by atoms with Crippen LogP contribution in [0.3, 0.4) is 0 Å². The average Bonchev–Trinajstić information content (AvgIpc) is 3.06. The summed E-state index contributed by atoms with van der Waals surface area (Å²) in [5.74, 6) is 0.674. The number of benzene rings is 1. The van der Waals surface area contributed by atoms with E-state index in [9.17, 15) is 0 Å². The first-order valence-electron chi connectivity index (χ1n) is 6.59. The second-order valence-corrected chi connectivity index (χ2v) is 4.99. The smallest absolute Gasteiger partial charge is 0.131 e. The molecule has 0 saturated carbocycles. The van der Waals surface area contributed by atoms with E-state index in [1.807, 2.05) is 45.8 Å². The van der Waals surface area contributed by atoms with Crippen molar-refractivity contribution in [2.45, 2.75) is 19.9 Å². The SMILES string of the molecule is CC(C)n1cnc(-c2cnn(-c3ccccc3)c2)c1N. The Balaban J connectivity index is 1.99. The van der Waals surface area contributed by atoms with Gasteiger partial charge in [0.2, 0.25) is 0 Å². The summed E-state index contributed by atoms with van der Waals surface area (Å²) < 4.78 is 3.78. The molecule has 2 heterocycles. The van der Waals surface area contributed by atoms with Gasteiger partial charge in [-0.05, 0) is 26.0 Å². The van der Waals surface area contributed by atoms with E-state index in [2.05, 4.69) is 23.9 Å². The van der Waals surface area contributed by atoms with Crippen LogP contribution in [0, 0.1) is 0 Å². The highest BCUT2D eigenvalue weighted by Gasteiger charge is 2.13. The van der Waals surface area contributed by atoms with E-state index in [-0.39, 0.29) is 0 Å². The van der Waals surface area contributed by atoms with E-state index in [0.717, 1.165) is 16.9 Å². The zero-order valence-electron chi connectivity index (χ0n) is 11.6. The Bertz CT molecular complexity index is 709. The molecule has 3 rings (SSSR count). The number of para-hydroxylation sites is 1. The maximum atomic E-state index is 6.15. The van der Waals surface area contributed by atoms with Gasteiger partial charge < -0.3 is 10.3 Å². The molecule has 5 nitrogen and oxygen atoms in total. The fourth-order valence-electron chi connectivity index (χ4n) is 2.17. The van der Waals surface area contributed by atoms with Crippen LogP contribution >= 0.6 is 0 Å². The summed E-state index contributed by atoms with van der Waals surface area (Å²) in [6, 6.07) is 10.3. The minimum Gasteiger partial charge on any atom is -0.383 e. The zero-order valence-corrected chi connectivity index (χ0v) is 11.6. The van der Waals surface area contributed by atoms with Crippen molar-refractivity contribution in [1.29, 1.82) is 0 Å². The number of anilines is 1. The van der Waals surface area contributed by atoms with Gasteiger partial charge in [-0.3, -0.25) is 0 Å². The zero-order chi connectivity index (χ0) is 14.1. The molecule has 2 aromatic heterocycles. The summed E-state index contributed by atoms with van der Waals surface area (Å²) in [6.07, 6.45) is 5.50. The van der Waals surface area contributed by atoms with Crippen LogP contribution in [-0.4, -0.2) is 19.3 Å². The Morgan fingerprint density at radius 2 is 1.90 bits per heavy atom. The molecule has 0 aliphatic carbocycles. The Labute approximate surface area is 117 Å². The summed E-state index contributed by atoms with van der Waals surface area (Å²) in [5.41, 5.74) is 8.86. The molecule has 2 N–H and O–H groups in total. The summed E-state index contributed by atoms with van der Waals surface area (Å²) >= 11 is 0. The number of hydrogen-bond acceptors (Lipinski definition) is 3. The van der Waals surface area contributed by atoms with Gasteiger partial charge in [-0.25, -0.2) is 9.67 Å². The lowest BCUT2D eigenvalue weighted by Crippen LogP contribution is -2.04. The first kappa shape index (κ1) is 12.5. The quantitative estimate of drug-likeness (QED) is 0.793. The van der Waals surface area contributed by atoms with Crippen LogP contribution in [0.25, 0.3) is 16.9 Å². The fourth-order valence-corrected chi connectivity index (χ4v) is 2.17. The van der Waals surface area contributed by atoms with Crippen LogP contribution in [0.4, 0.5) is 5.82 Å². The van der Waals surface area contributed by atoms with Crippen LogP contribution in [0.2, 0.25) is 0 Å². The molecular formula is C15H17N5. The van der Waals surface area contributed by atoms with Crippen LogP contribution in [0.5, 0.6) is 0 Å². The standard InChI is InChI=1S/C15H17N5/c1-11(2)19-10-17-14(15(19)16)12-8-18-20(9-12)13-6-4-3-5-7-13/h3-11H,16H2,1-2H3. The van der Waals surface area contributed by atoms with Crippen molar-refractivity contribution in [3.63, 3.8) is 0 Å². The van der Waals surface area contributed by atoms with E-state index in [4.69, 9.17) is 5.73 Å². The van der Waals surface area contributed by atoms with E-state index < -0.39 is 0 Å². The van der Waals surface area contributed by atoms with Gasteiger partial charge in [-0.2, -0.15) is 5.10 Å². The number of rotatable bonds is 3. The monoisotopic (exact) mass is 267 g/mol. The van der Waals surface area contributed by atoms with Crippen LogP contribution < -0.4 is 5.73 Å². The van der Waals surface area contributed by atoms with Gasteiger partial charge in [0.15, 0.2) is 0 Å². The number of nitrogens with two attached hydrogens (primary N) is 1. The summed E-state index contributed by atoms with van der Waals surface area (Å²) in [5, 5.41) is 4.37. The second-order valence-electron chi connectivity index (χ2n) is 4.99. The maximum Gasteiger partial charge on any atom is 0.131 e. The van der Waals surface area contributed by atoms with Crippen molar-refractivity contribution in [3.05, 3.63) is 49.1 Å². The molecule has 0 unspecified atom stereocenters. The molecule has 0 radical (unpaired) electrons. The summed E-state index contributed by atoms with van der Waals surface area (Å²) in [7, 11) is 0. The molecule has 0 bridgehead atoms. The average molecular weight is 267 g/mol. The molecule has 1 aromatic carbocycles. The lowest BCUT2D eigenvalue weighted by atomic mass is 10.2. The molecule has 102 valence electrons. The minimum atomic E-state index is 0.292. The Morgan fingerprint density at radius 1 is 1.15 bits per heavy atom. The molecular weight excluding hydrogens is 250 g/mol. The first-order chi connectivity index (χ1) is 9.66. The highest BCUT2D eigenvalue weighted by atomic mass is 15.3. The fraction of sp³-hybridized carbons (Fsp3) is 0.200. The predicted octanol–water partition coefficient (Wildman–Crippen LogP) is 2.90. The van der Waals surface area contributed by atoms with Crippen molar-refractivity contribution in [2.75, 3.05) is 5.73 Å². The summed E-state index contributed by atoms with van der Waals surface area (Å²) in [4.78, 5) is 4.40. The van der Waals surface area contributed by atoms with E-state index in [0.29, 0.717) is 11.9 Å². The Kier molecular flexibility index (Phi) is 3.02. The van der Waals surface area contributed by atoms with Gasteiger partial charge in [0, 0.05) is 17.8 Å². The molecule has 0 atom stereocenters. The number of nitrogens with zero attached hydrogens (tertiary/aromatic N) is 4. The van der Waals surface area contributed by atoms with Crippen molar-refractivity contribution < 1.29 is 0 Å². The summed E-state index contributed by atoms with van der Waals surface area (Å²) in [6.45, 7) is 4.16. The third-order valence-corrected chi connectivity index (χ3v) is 3.27. The number of aromatic nitrogens is 4. The van der Waals surface area contributed by atoms with Crippen LogP contribution in [-0.2, 0) is 0 Å². The van der Waals surface area contributed by atoms with Crippen molar-refractivity contribution in [1.82, 2.24) is 19.3 Å². The molecule has 3 aromatic rings. The lowest BCUT2D eigenvalue weighted by Gasteiger charge is -2.08. The third kappa shape index (κ3) is 2.07. The largest absolute Gasteiger partial charge is 0.383 e. The van der Waals surface area contributed by atoms with Gasteiger partial charge in [0.25, 0.3) is 0 Å². The highest BCUT2D eigenvalue weighted by molar-refractivity contribution is 5.69. The molecule has 0 spiro atoms. The van der Waals surface area contributed by atoms with E-state index in [1.165, 1.54) is 0 Å². The van der Waals surface area contributed by atoms with Crippen molar-refractivity contribution >= 4 is 5.82 Å². The van der Waals surface area contributed by atoms with Crippen molar-refractivity contribution in [2.24, 2.45) is 0 Å². The van der Waals surface area contributed by atoms with E-state index >= 15 is 0 Å². The van der Waals surface area contributed by atoms with Gasteiger partial charge in [0.1, 0.15) is 11.5 Å². The number of imidazole rings is 1. The highest BCUT2D eigenvalue weighted by Crippen LogP contribution is 2.26. The minimum absolute atomic E-state index is 0.292. The Morgan fingerprint density at radius 3 is 2.55 bits per heavy atom. The molecule has 0 aliphatic heterocycles. The normalized spacial score (nSPS) is 11.2. The molecule has 5 heteroatoms. The Hall–Kier alpha value is -2.56. The third-order valence-electron chi connectivity index (χ3n) is 3.27. The van der Waals surface area contributed by atoms with Gasteiger partial charge in [0.05, 0.1) is 18.2 Å². The van der Waals surface area contributed by atoms with Crippen LogP contribution in [0.1, 0.15) is 19.9 Å². The molecule has 0 aliphatic rings. The van der Waals surface area contributed by atoms with Crippen LogP contribution in [0.15, 0.2) is 49.1 Å². The van der Waals surface area contributed by atoms with Gasteiger partial charge in [-0.1, -0.05) is 18.2 Å². The lowest BCUT2D eigenvalue weighted by molar-refractivity contribution is 0.607. The maximum absolute atomic E-state index is 6.15. The number of nitrogen functional groups attached to an aromatic ring is 1.